The fourth-order valence-electron chi connectivity index (χ4n) is 4.09. The minimum Gasteiger partial charge on any atom is -0.334 e. The number of hydrogen-bond acceptors (Lipinski definition) is 3. The SMILES string of the molecule is C=C(C)Cn1c(C(=O)N2CCN(C(=O)Nc3ccccc3C)C(C)C2)cc2ccsc21. The number of para-hydroxylation sites is 1. The summed E-state index contributed by atoms with van der Waals surface area (Å²) in [5.41, 5.74) is 3.53. The smallest absolute Gasteiger partial charge is 0.322 e. The van der Waals surface area contributed by atoms with Gasteiger partial charge in [-0.1, -0.05) is 30.4 Å². The van der Waals surface area contributed by atoms with Crippen LogP contribution in [0, 0.1) is 6.92 Å². The van der Waals surface area contributed by atoms with Crippen molar-refractivity contribution in [2.24, 2.45) is 0 Å². The van der Waals surface area contributed by atoms with Gasteiger partial charge in [-0.15, -0.1) is 11.3 Å². The molecule has 1 saturated heterocycles. The molecule has 162 valence electrons. The summed E-state index contributed by atoms with van der Waals surface area (Å²) in [7, 11) is 0. The van der Waals surface area contributed by atoms with Gasteiger partial charge in [0.15, 0.2) is 0 Å². The maximum atomic E-state index is 13.4. The third kappa shape index (κ3) is 4.23. The average Bonchev–Trinajstić information content (AvgIpc) is 3.31. The predicted octanol–water partition coefficient (Wildman–Crippen LogP) is 4.97. The molecule has 0 radical (unpaired) electrons. The number of amides is 3. The summed E-state index contributed by atoms with van der Waals surface area (Å²) in [4.78, 5) is 31.0. The number of carbonyl (C=O) groups excluding carboxylic acids is 2. The molecule has 3 aromatic rings. The number of benzene rings is 1. The largest absolute Gasteiger partial charge is 0.334 e. The number of nitrogens with zero attached hydrogens (tertiary/aromatic N) is 3. The molecule has 2 aromatic heterocycles. The lowest BCUT2D eigenvalue weighted by atomic mass is 10.1. The first kappa shape index (κ1) is 21.2. The summed E-state index contributed by atoms with van der Waals surface area (Å²) in [6.07, 6.45) is 0. The van der Waals surface area contributed by atoms with Crippen LogP contribution >= 0.6 is 11.3 Å². The van der Waals surface area contributed by atoms with Gasteiger partial charge < -0.3 is 19.7 Å². The number of fused-ring (bicyclic) bond motifs is 1. The van der Waals surface area contributed by atoms with Gasteiger partial charge in [0.05, 0.1) is 0 Å². The zero-order chi connectivity index (χ0) is 22.1. The first-order valence-corrected chi connectivity index (χ1v) is 11.4. The Morgan fingerprint density at radius 3 is 2.71 bits per heavy atom. The van der Waals surface area contributed by atoms with Gasteiger partial charge in [-0.05, 0) is 49.9 Å². The summed E-state index contributed by atoms with van der Waals surface area (Å²) in [5, 5.41) is 6.13. The van der Waals surface area contributed by atoms with E-state index in [0.29, 0.717) is 31.9 Å². The highest BCUT2D eigenvalue weighted by atomic mass is 32.1. The number of piperazine rings is 1. The lowest BCUT2D eigenvalue weighted by Gasteiger charge is -2.39. The molecule has 0 spiro atoms. The van der Waals surface area contributed by atoms with Crippen LogP contribution in [0.5, 0.6) is 0 Å². The van der Waals surface area contributed by atoms with Crippen LogP contribution in [0.1, 0.15) is 29.9 Å². The van der Waals surface area contributed by atoms with E-state index in [1.807, 2.05) is 72.3 Å². The molecule has 31 heavy (non-hydrogen) atoms. The van der Waals surface area contributed by atoms with Gasteiger partial charge in [-0.2, -0.15) is 0 Å². The van der Waals surface area contributed by atoms with Crippen LogP contribution in [0.4, 0.5) is 10.5 Å². The van der Waals surface area contributed by atoms with Gasteiger partial charge in [0.25, 0.3) is 5.91 Å². The summed E-state index contributed by atoms with van der Waals surface area (Å²) < 4.78 is 2.06. The molecule has 1 aliphatic rings. The second-order valence-electron chi connectivity index (χ2n) is 8.29. The number of aryl methyl sites for hydroxylation is 1. The number of nitrogens with one attached hydrogen (secondary N) is 1. The Morgan fingerprint density at radius 2 is 2.00 bits per heavy atom. The van der Waals surface area contributed by atoms with E-state index in [0.717, 1.165) is 27.0 Å². The zero-order valence-electron chi connectivity index (χ0n) is 18.2. The Bertz CT molecular complexity index is 1150. The van der Waals surface area contributed by atoms with Crippen LogP contribution in [0.25, 0.3) is 10.2 Å². The van der Waals surface area contributed by atoms with E-state index in [2.05, 4.69) is 16.5 Å². The lowest BCUT2D eigenvalue weighted by molar-refractivity contribution is 0.0583. The van der Waals surface area contributed by atoms with Crippen molar-refractivity contribution < 1.29 is 9.59 Å². The normalized spacial score (nSPS) is 16.5. The minimum absolute atomic E-state index is 0.00969. The van der Waals surface area contributed by atoms with Crippen molar-refractivity contribution in [3.8, 4) is 0 Å². The fraction of sp³-hybridized carbons (Fsp3) is 0.333. The maximum Gasteiger partial charge on any atom is 0.322 e. The minimum atomic E-state index is -0.125. The monoisotopic (exact) mass is 436 g/mol. The molecule has 0 aliphatic carbocycles. The highest BCUT2D eigenvalue weighted by Crippen LogP contribution is 2.27. The number of hydrogen-bond donors (Lipinski definition) is 1. The van der Waals surface area contributed by atoms with Crippen LogP contribution in [0.3, 0.4) is 0 Å². The van der Waals surface area contributed by atoms with Crippen molar-refractivity contribution in [1.82, 2.24) is 14.4 Å². The Kier molecular flexibility index (Phi) is 5.87. The second-order valence-corrected chi connectivity index (χ2v) is 9.19. The van der Waals surface area contributed by atoms with Crippen molar-refractivity contribution >= 4 is 39.2 Å². The number of aromatic nitrogens is 1. The summed E-state index contributed by atoms with van der Waals surface area (Å²) in [5.74, 6) is 0.00969. The predicted molar refractivity (Wildman–Crippen MR) is 127 cm³/mol. The van der Waals surface area contributed by atoms with Gasteiger partial charge >= 0.3 is 6.03 Å². The molecular weight excluding hydrogens is 408 g/mol. The van der Waals surface area contributed by atoms with E-state index in [-0.39, 0.29) is 18.0 Å². The lowest BCUT2D eigenvalue weighted by Crippen LogP contribution is -2.56. The van der Waals surface area contributed by atoms with Gasteiger partial charge in [0.2, 0.25) is 0 Å². The Morgan fingerprint density at radius 1 is 1.23 bits per heavy atom. The van der Waals surface area contributed by atoms with Crippen molar-refractivity contribution in [3.63, 3.8) is 0 Å². The first-order chi connectivity index (χ1) is 14.8. The number of carbonyl (C=O) groups is 2. The number of rotatable bonds is 4. The molecular formula is C24H28N4O2S. The first-order valence-electron chi connectivity index (χ1n) is 10.5. The Hall–Kier alpha value is -3.06. The van der Waals surface area contributed by atoms with Gasteiger partial charge in [-0.25, -0.2) is 4.79 Å². The van der Waals surface area contributed by atoms with E-state index < -0.39 is 0 Å². The summed E-state index contributed by atoms with van der Waals surface area (Å²) in [6.45, 7) is 12.1. The quantitative estimate of drug-likeness (QED) is 0.588. The van der Waals surface area contributed by atoms with E-state index >= 15 is 0 Å². The molecule has 1 aliphatic heterocycles. The summed E-state index contributed by atoms with van der Waals surface area (Å²) in [6, 6.07) is 11.5. The average molecular weight is 437 g/mol. The maximum absolute atomic E-state index is 13.4. The van der Waals surface area contributed by atoms with Crippen LogP contribution in [0.15, 0.2) is 53.9 Å². The molecule has 1 fully saturated rings. The fourth-order valence-corrected chi connectivity index (χ4v) is 4.98. The Balaban J connectivity index is 1.47. The molecule has 0 saturated carbocycles. The van der Waals surface area contributed by atoms with E-state index in [9.17, 15) is 9.59 Å². The number of anilines is 1. The van der Waals surface area contributed by atoms with E-state index in [1.54, 1.807) is 11.3 Å². The van der Waals surface area contributed by atoms with Crippen LogP contribution < -0.4 is 5.32 Å². The second kappa shape index (κ2) is 8.59. The molecule has 6 nitrogen and oxygen atoms in total. The van der Waals surface area contributed by atoms with Crippen molar-refractivity contribution in [3.05, 3.63) is 65.2 Å². The van der Waals surface area contributed by atoms with Crippen LogP contribution in [-0.4, -0.2) is 52.0 Å². The molecule has 4 rings (SSSR count). The van der Waals surface area contributed by atoms with Gasteiger partial charge in [-0.3, -0.25) is 4.79 Å². The number of allylic oxidation sites excluding steroid dienone is 1. The highest BCUT2D eigenvalue weighted by molar-refractivity contribution is 7.16. The molecule has 1 N–H and O–H groups in total. The van der Waals surface area contributed by atoms with Crippen molar-refractivity contribution in [2.75, 3.05) is 25.0 Å². The van der Waals surface area contributed by atoms with Crippen molar-refractivity contribution in [1.29, 1.82) is 0 Å². The highest BCUT2D eigenvalue weighted by Gasteiger charge is 2.32. The van der Waals surface area contributed by atoms with E-state index in [4.69, 9.17) is 0 Å². The zero-order valence-corrected chi connectivity index (χ0v) is 19.0. The van der Waals surface area contributed by atoms with Crippen molar-refractivity contribution in [2.45, 2.75) is 33.4 Å². The molecule has 1 aromatic carbocycles. The topological polar surface area (TPSA) is 57.6 Å². The van der Waals surface area contributed by atoms with Gasteiger partial charge in [0.1, 0.15) is 10.5 Å². The molecule has 3 amide bonds. The molecule has 1 atom stereocenters. The van der Waals surface area contributed by atoms with Crippen LogP contribution in [-0.2, 0) is 6.54 Å². The standard InChI is InChI=1S/C24H28N4O2S/c1-16(2)14-28-21(13-19-9-12-31-23(19)28)22(29)26-10-11-27(18(4)15-26)24(30)25-20-8-6-5-7-17(20)3/h5-9,12-13,18H,1,10-11,14-15H2,2-4H3,(H,25,30). The van der Waals surface area contributed by atoms with E-state index in [1.165, 1.54) is 0 Å². The summed E-state index contributed by atoms with van der Waals surface area (Å²) >= 11 is 1.64. The molecule has 7 heteroatoms. The third-order valence-corrected chi connectivity index (χ3v) is 6.66. The van der Waals surface area contributed by atoms with Gasteiger partial charge in [0, 0.05) is 43.3 Å². The number of thiophene rings is 1. The molecule has 1 unspecified atom stereocenters. The number of urea groups is 1. The Labute approximate surface area is 186 Å². The third-order valence-electron chi connectivity index (χ3n) is 5.71. The molecule has 3 heterocycles. The molecule has 0 bridgehead atoms. The van der Waals surface area contributed by atoms with Crippen LogP contribution in [0.2, 0.25) is 0 Å².